The summed E-state index contributed by atoms with van der Waals surface area (Å²) in [4.78, 5) is 11.7. The van der Waals surface area contributed by atoms with E-state index in [2.05, 4.69) is 5.32 Å². The molecule has 0 radical (unpaired) electrons. The number of nitrogens with one attached hydrogen (secondary N) is 1. The van der Waals surface area contributed by atoms with Gasteiger partial charge in [-0.1, -0.05) is 38.5 Å². The minimum absolute atomic E-state index is 0.0319. The monoisotopic (exact) mass is 303 g/mol. The molecule has 0 aliphatic carbocycles. The van der Waals surface area contributed by atoms with Gasteiger partial charge in [-0.25, -0.2) is 0 Å². The molecule has 0 bridgehead atoms. The number of benzene rings is 1. The van der Waals surface area contributed by atoms with Gasteiger partial charge in [0.25, 0.3) is 0 Å². The molecule has 0 saturated heterocycles. The Balaban J connectivity index is 2.88. The molecule has 3 nitrogen and oxygen atoms in total. The Morgan fingerprint density at radius 2 is 1.95 bits per heavy atom. The van der Waals surface area contributed by atoms with Crippen molar-refractivity contribution in [3.63, 3.8) is 0 Å². The number of halogens is 3. The second kappa shape index (κ2) is 7.45. The van der Waals surface area contributed by atoms with E-state index in [-0.39, 0.29) is 18.0 Å². The van der Waals surface area contributed by atoms with Crippen LogP contribution in [-0.2, 0) is 22.3 Å². The molecule has 0 aromatic heterocycles. The lowest BCUT2D eigenvalue weighted by Crippen LogP contribution is -2.42. The maximum Gasteiger partial charge on any atom is 0.416 e. The molecule has 21 heavy (non-hydrogen) atoms. The van der Waals surface area contributed by atoms with Gasteiger partial charge in [-0.15, -0.1) is 0 Å². The Labute approximate surface area is 122 Å². The fourth-order valence-electron chi connectivity index (χ4n) is 2.05. The number of esters is 1. The van der Waals surface area contributed by atoms with Crippen molar-refractivity contribution in [2.24, 2.45) is 5.92 Å². The fraction of sp³-hybridized carbons (Fsp3) is 0.533. The van der Waals surface area contributed by atoms with Crippen molar-refractivity contribution < 1.29 is 22.7 Å². The SMILES string of the molecule is CCC(C)C(NCc1ccccc1C(F)(F)F)C(=O)OC. The number of rotatable bonds is 6. The molecule has 0 amide bonds. The summed E-state index contributed by atoms with van der Waals surface area (Å²) in [5, 5.41) is 2.88. The summed E-state index contributed by atoms with van der Waals surface area (Å²) in [6, 6.07) is 4.71. The minimum atomic E-state index is -4.41. The first-order chi connectivity index (χ1) is 9.81. The Hall–Kier alpha value is -1.56. The fourth-order valence-corrected chi connectivity index (χ4v) is 2.05. The quantitative estimate of drug-likeness (QED) is 0.819. The van der Waals surface area contributed by atoms with Crippen molar-refractivity contribution in [1.82, 2.24) is 5.32 Å². The Bertz CT molecular complexity index is 474. The molecule has 1 rings (SSSR count). The van der Waals surface area contributed by atoms with Crippen LogP contribution in [0.15, 0.2) is 24.3 Å². The molecule has 0 aliphatic rings. The predicted octanol–water partition coefficient (Wildman–Crippen LogP) is 3.38. The lowest BCUT2D eigenvalue weighted by Gasteiger charge is -2.23. The van der Waals surface area contributed by atoms with Gasteiger partial charge in [0, 0.05) is 6.54 Å². The van der Waals surface area contributed by atoms with Crippen LogP contribution < -0.4 is 5.32 Å². The van der Waals surface area contributed by atoms with Crippen LogP contribution >= 0.6 is 0 Å². The first-order valence-electron chi connectivity index (χ1n) is 6.77. The van der Waals surface area contributed by atoms with Crippen LogP contribution in [0.4, 0.5) is 13.2 Å². The number of carbonyl (C=O) groups excluding carboxylic acids is 1. The van der Waals surface area contributed by atoms with Gasteiger partial charge in [0.05, 0.1) is 12.7 Å². The molecule has 2 unspecified atom stereocenters. The molecule has 1 aromatic rings. The first-order valence-corrected chi connectivity index (χ1v) is 6.77. The topological polar surface area (TPSA) is 38.3 Å². The molecule has 0 spiro atoms. The maximum atomic E-state index is 12.9. The van der Waals surface area contributed by atoms with E-state index in [4.69, 9.17) is 4.74 Å². The largest absolute Gasteiger partial charge is 0.468 e. The number of ether oxygens (including phenoxy) is 1. The molecule has 6 heteroatoms. The van der Waals surface area contributed by atoms with Gasteiger partial charge in [0.2, 0.25) is 0 Å². The third-order valence-corrected chi connectivity index (χ3v) is 3.50. The predicted molar refractivity (Wildman–Crippen MR) is 73.5 cm³/mol. The molecule has 0 saturated carbocycles. The van der Waals surface area contributed by atoms with Gasteiger partial charge in [0.15, 0.2) is 0 Å². The summed E-state index contributed by atoms with van der Waals surface area (Å²) in [5.41, 5.74) is -0.576. The highest BCUT2D eigenvalue weighted by Gasteiger charge is 2.33. The summed E-state index contributed by atoms with van der Waals surface area (Å²) in [5.74, 6) is -0.496. The molecule has 0 fully saturated rings. The third-order valence-electron chi connectivity index (χ3n) is 3.50. The molecule has 0 heterocycles. The van der Waals surface area contributed by atoms with E-state index in [0.717, 1.165) is 6.07 Å². The molecular weight excluding hydrogens is 283 g/mol. The highest BCUT2D eigenvalue weighted by atomic mass is 19.4. The second-order valence-electron chi connectivity index (χ2n) is 4.92. The molecule has 1 aromatic carbocycles. The summed E-state index contributed by atoms with van der Waals surface area (Å²) < 4.78 is 43.4. The van der Waals surface area contributed by atoms with E-state index in [0.29, 0.717) is 6.42 Å². The Morgan fingerprint density at radius 1 is 1.33 bits per heavy atom. The lowest BCUT2D eigenvalue weighted by molar-refractivity contribution is -0.144. The van der Waals surface area contributed by atoms with Crippen LogP contribution in [0.25, 0.3) is 0 Å². The van der Waals surface area contributed by atoms with E-state index < -0.39 is 23.8 Å². The van der Waals surface area contributed by atoms with E-state index in [1.165, 1.54) is 19.2 Å². The highest BCUT2D eigenvalue weighted by Crippen LogP contribution is 2.31. The van der Waals surface area contributed by atoms with Crippen LogP contribution in [0.1, 0.15) is 31.4 Å². The van der Waals surface area contributed by atoms with Gasteiger partial charge < -0.3 is 10.1 Å². The minimum Gasteiger partial charge on any atom is -0.468 e. The molecule has 118 valence electrons. The standard InChI is InChI=1S/C15H20F3NO2/c1-4-10(2)13(14(20)21-3)19-9-11-7-5-6-8-12(11)15(16,17)18/h5-8,10,13,19H,4,9H2,1-3H3. The zero-order valence-corrected chi connectivity index (χ0v) is 12.3. The zero-order valence-electron chi connectivity index (χ0n) is 12.3. The summed E-state index contributed by atoms with van der Waals surface area (Å²) in [7, 11) is 1.27. The van der Waals surface area contributed by atoms with E-state index in [1.54, 1.807) is 6.07 Å². The normalized spacial score (nSPS) is 14.6. The molecule has 1 N–H and O–H groups in total. The number of hydrogen-bond acceptors (Lipinski definition) is 3. The average Bonchev–Trinajstić information content (AvgIpc) is 2.46. The van der Waals surface area contributed by atoms with Gasteiger partial charge in [-0.05, 0) is 17.5 Å². The van der Waals surface area contributed by atoms with Crippen LogP contribution in [0.3, 0.4) is 0 Å². The van der Waals surface area contributed by atoms with Crippen molar-refractivity contribution in [2.75, 3.05) is 7.11 Å². The van der Waals surface area contributed by atoms with Crippen LogP contribution in [-0.4, -0.2) is 19.1 Å². The van der Waals surface area contributed by atoms with E-state index in [9.17, 15) is 18.0 Å². The summed E-state index contributed by atoms with van der Waals surface area (Å²) in [6.45, 7) is 3.72. The van der Waals surface area contributed by atoms with E-state index in [1.807, 2.05) is 13.8 Å². The van der Waals surface area contributed by atoms with Crippen LogP contribution in [0.2, 0.25) is 0 Å². The van der Waals surface area contributed by atoms with Crippen LogP contribution in [0.5, 0.6) is 0 Å². The van der Waals surface area contributed by atoms with Crippen molar-refractivity contribution in [3.8, 4) is 0 Å². The van der Waals surface area contributed by atoms with Crippen molar-refractivity contribution in [3.05, 3.63) is 35.4 Å². The summed E-state index contributed by atoms with van der Waals surface area (Å²) >= 11 is 0. The van der Waals surface area contributed by atoms with Gasteiger partial charge in [-0.3, -0.25) is 4.79 Å². The number of hydrogen-bond donors (Lipinski definition) is 1. The van der Waals surface area contributed by atoms with E-state index >= 15 is 0 Å². The number of methoxy groups -OCH3 is 1. The van der Waals surface area contributed by atoms with Gasteiger partial charge in [-0.2, -0.15) is 13.2 Å². The maximum absolute atomic E-state index is 12.9. The Morgan fingerprint density at radius 3 is 2.48 bits per heavy atom. The molecule has 0 aliphatic heterocycles. The van der Waals surface area contributed by atoms with Crippen LogP contribution in [0, 0.1) is 5.92 Å². The van der Waals surface area contributed by atoms with Gasteiger partial charge in [0.1, 0.15) is 6.04 Å². The number of alkyl halides is 3. The highest BCUT2D eigenvalue weighted by molar-refractivity contribution is 5.76. The first kappa shape index (κ1) is 17.5. The average molecular weight is 303 g/mol. The third kappa shape index (κ3) is 4.74. The lowest BCUT2D eigenvalue weighted by atomic mass is 9.98. The van der Waals surface area contributed by atoms with Gasteiger partial charge >= 0.3 is 12.1 Å². The van der Waals surface area contributed by atoms with Crippen molar-refractivity contribution in [2.45, 2.75) is 39.0 Å². The van der Waals surface area contributed by atoms with Crippen molar-refractivity contribution >= 4 is 5.97 Å². The van der Waals surface area contributed by atoms with Crippen molar-refractivity contribution in [1.29, 1.82) is 0 Å². The summed E-state index contributed by atoms with van der Waals surface area (Å²) in [6.07, 6.45) is -3.69. The second-order valence-corrected chi connectivity index (χ2v) is 4.92. The molecule has 2 atom stereocenters. The Kier molecular flexibility index (Phi) is 6.20. The molecular formula is C15H20F3NO2. The zero-order chi connectivity index (χ0) is 16.0. The number of carbonyl (C=O) groups is 1. The smallest absolute Gasteiger partial charge is 0.416 e.